The van der Waals surface area contributed by atoms with Gasteiger partial charge in [0.1, 0.15) is 18.0 Å². The molecule has 2 rings (SSSR count). The highest BCUT2D eigenvalue weighted by Gasteiger charge is 2.33. The first-order valence-electron chi connectivity index (χ1n) is 4.97. The second-order valence-electron chi connectivity index (χ2n) is 3.70. The fourth-order valence-corrected chi connectivity index (χ4v) is 2.40. The molecular weight excluding hydrogens is 235 g/mol. The number of ether oxygens (including phenoxy) is 1. The Morgan fingerprint density at radius 1 is 1.40 bits per heavy atom. The highest BCUT2D eigenvalue weighted by atomic mass is 35.5. The van der Waals surface area contributed by atoms with Gasteiger partial charge in [-0.2, -0.15) is 0 Å². The molecule has 2 nitrogen and oxygen atoms in total. The molecule has 82 valence electrons. The van der Waals surface area contributed by atoms with Crippen LogP contribution in [0.3, 0.4) is 0 Å². The number of rotatable bonds is 2. The molecule has 1 N–H and O–H groups in total. The van der Waals surface area contributed by atoms with Gasteiger partial charge in [-0.3, -0.25) is 0 Å². The average molecular weight is 247 g/mol. The molecule has 1 aromatic carbocycles. The number of fused-ring (bicyclic) bond motifs is 1. The van der Waals surface area contributed by atoms with Crippen LogP contribution in [0.2, 0.25) is 10.0 Å². The van der Waals surface area contributed by atoms with Crippen molar-refractivity contribution in [2.75, 3.05) is 0 Å². The first-order valence-corrected chi connectivity index (χ1v) is 5.72. The topological polar surface area (TPSA) is 29.5 Å². The summed E-state index contributed by atoms with van der Waals surface area (Å²) in [5.41, 5.74) is 0.700. The van der Waals surface area contributed by atoms with Crippen molar-refractivity contribution in [2.45, 2.75) is 32.0 Å². The summed E-state index contributed by atoms with van der Waals surface area (Å²) >= 11 is 11.9. The molecule has 2 unspecified atom stereocenters. The van der Waals surface area contributed by atoms with Crippen molar-refractivity contribution < 1.29 is 9.84 Å². The number of hydrogen-bond acceptors (Lipinski definition) is 2. The quantitative estimate of drug-likeness (QED) is 0.865. The Morgan fingerprint density at radius 3 is 2.80 bits per heavy atom. The molecule has 0 fully saturated rings. The molecule has 0 spiro atoms. The Balaban J connectivity index is 2.36. The molecule has 1 heterocycles. The Kier molecular flexibility index (Phi) is 3.10. The number of aliphatic hydroxyl groups is 1. The maximum atomic E-state index is 9.98. The van der Waals surface area contributed by atoms with E-state index in [2.05, 4.69) is 0 Å². The van der Waals surface area contributed by atoms with Gasteiger partial charge in [0.2, 0.25) is 0 Å². The van der Waals surface area contributed by atoms with Crippen molar-refractivity contribution in [1.82, 2.24) is 0 Å². The minimum Gasteiger partial charge on any atom is -0.485 e. The molecule has 1 aliphatic rings. The van der Waals surface area contributed by atoms with Gasteiger partial charge in [-0.25, -0.2) is 0 Å². The lowest BCUT2D eigenvalue weighted by atomic mass is 10.0. The monoisotopic (exact) mass is 246 g/mol. The molecule has 0 aliphatic carbocycles. The van der Waals surface area contributed by atoms with Crippen LogP contribution in [0.4, 0.5) is 0 Å². The smallest absolute Gasteiger partial charge is 0.144 e. The third kappa shape index (κ3) is 1.94. The summed E-state index contributed by atoms with van der Waals surface area (Å²) < 4.78 is 5.60. The van der Waals surface area contributed by atoms with Gasteiger partial charge in [0.05, 0.1) is 5.02 Å². The fraction of sp³-hybridized carbons (Fsp3) is 0.455. The maximum Gasteiger partial charge on any atom is 0.144 e. The van der Waals surface area contributed by atoms with E-state index in [4.69, 9.17) is 27.9 Å². The highest BCUT2D eigenvalue weighted by Crippen LogP contribution is 2.44. The molecule has 0 amide bonds. The van der Waals surface area contributed by atoms with Gasteiger partial charge in [-0.05, 0) is 18.6 Å². The van der Waals surface area contributed by atoms with Crippen molar-refractivity contribution in [3.63, 3.8) is 0 Å². The van der Waals surface area contributed by atoms with Crippen LogP contribution in [0.15, 0.2) is 12.1 Å². The number of hydrogen-bond donors (Lipinski definition) is 1. The van der Waals surface area contributed by atoms with E-state index in [0.717, 1.165) is 12.8 Å². The summed E-state index contributed by atoms with van der Waals surface area (Å²) in [7, 11) is 0. The maximum absolute atomic E-state index is 9.98. The van der Waals surface area contributed by atoms with E-state index >= 15 is 0 Å². The molecule has 15 heavy (non-hydrogen) atoms. The molecule has 0 saturated carbocycles. The predicted octanol–water partition coefficient (Wildman–Crippen LogP) is 3.59. The van der Waals surface area contributed by atoms with Crippen molar-refractivity contribution in [3.05, 3.63) is 27.7 Å². The van der Waals surface area contributed by atoms with E-state index in [-0.39, 0.29) is 6.10 Å². The van der Waals surface area contributed by atoms with Crippen LogP contribution in [0.25, 0.3) is 0 Å². The highest BCUT2D eigenvalue weighted by molar-refractivity contribution is 6.35. The Bertz CT molecular complexity index is 379. The van der Waals surface area contributed by atoms with Gasteiger partial charge in [0, 0.05) is 10.6 Å². The summed E-state index contributed by atoms with van der Waals surface area (Å²) in [5.74, 6) is 0.576. The van der Waals surface area contributed by atoms with E-state index in [0.29, 0.717) is 21.4 Å². The molecule has 0 aromatic heterocycles. The van der Waals surface area contributed by atoms with Crippen LogP contribution in [0, 0.1) is 0 Å². The average Bonchev–Trinajstić information content (AvgIpc) is 2.47. The zero-order valence-electron chi connectivity index (χ0n) is 8.34. The van der Waals surface area contributed by atoms with Crippen molar-refractivity contribution in [2.24, 2.45) is 0 Å². The summed E-state index contributed by atoms with van der Waals surface area (Å²) in [6.45, 7) is 2.05. The largest absolute Gasteiger partial charge is 0.485 e. The summed E-state index contributed by atoms with van der Waals surface area (Å²) in [4.78, 5) is 0. The van der Waals surface area contributed by atoms with Gasteiger partial charge < -0.3 is 9.84 Å². The van der Waals surface area contributed by atoms with E-state index in [1.165, 1.54) is 0 Å². The zero-order valence-corrected chi connectivity index (χ0v) is 9.85. The predicted molar refractivity (Wildman–Crippen MR) is 60.7 cm³/mol. The second kappa shape index (κ2) is 4.20. The number of benzene rings is 1. The van der Waals surface area contributed by atoms with Gasteiger partial charge in [-0.1, -0.05) is 36.5 Å². The fourth-order valence-electron chi connectivity index (χ4n) is 1.84. The van der Waals surface area contributed by atoms with E-state index in [1.54, 1.807) is 12.1 Å². The van der Waals surface area contributed by atoms with E-state index < -0.39 is 6.10 Å². The zero-order chi connectivity index (χ0) is 11.0. The minimum atomic E-state index is -0.615. The second-order valence-corrected chi connectivity index (χ2v) is 4.54. The summed E-state index contributed by atoms with van der Waals surface area (Å²) in [5, 5.41) is 11.0. The van der Waals surface area contributed by atoms with Crippen molar-refractivity contribution >= 4 is 23.2 Å². The molecule has 4 heteroatoms. The molecule has 1 aliphatic heterocycles. The van der Waals surface area contributed by atoms with Crippen LogP contribution in [-0.2, 0) is 0 Å². The SMILES string of the molecule is CCCC1Oc2c(Cl)cc(Cl)cc2C1O. The first-order chi connectivity index (χ1) is 7.13. The van der Waals surface area contributed by atoms with Crippen molar-refractivity contribution in [3.8, 4) is 5.75 Å². The molecule has 0 saturated heterocycles. The minimum absolute atomic E-state index is 0.194. The van der Waals surface area contributed by atoms with Gasteiger partial charge in [-0.15, -0.1) is 0 Å². The van der Waals surface area contributed by atoms with Gasteiger partial charge in [0.25, 0.3) is 0 Å². The van der Waals surface area contributed by atoms with Crippen LogP contribution < -0.4 is 4.74 Å². The van der Waals surface area contributed by atoms with Crippen molar-refractivity contribution in [1.29, 1.82) is 0 Å². The Hall–Kier alpha value is -0.440. The Labute approximate surface area is 98.8 Å². The summed E-state index contributed by atoms with van der Waals surface area (Å²) in [6, 6.07) is 3.34. The Morgan fingerprint density at radius 2 is 2.13 bits per heavy atom. The lowest BCUT2D eigenvalue weighted by Crippen LogP contribution is -2.17. The van der Waals surface area contributed by atoms with Gasteiger partial charge >= 0.3 is 0 Å². The standard InChI is InChI=1S/C11H12Cl2O2/c1-2-3-9-10(14)7-4-6(12)5-8(13)11(7)15-9/h4-5,9-10,14H,2-3H2,1H3. The third-order valence-electron chi connectivity index (χ3n) is 2.55. The van der Waals surface area contributed by atoms with Crippen LogP contribution >= 0.6 is 23.2 Å². The molecule has 0 radical (unpaired) electrons. The molecule has 1 aromatic rings. The lowest BCUT2D eigenvalue weighted by Gasteiger charge is -2.12. The van der Waals surface area contributed by atoms with Gasteiger partial charge in [0.15, 0.2) is 0 Å². The third-order valence-corrected chi connectivity index (χ3v) is 3.05. The first kappa shape index (κ1) is 11.1. The van der Waals surface area contributed by atoms with Crippen LogP contribution in [0.5, 0.6) is 5.75 Å². The molecule has 2 atom stereocenters. The molecule has 0 bridgehead atoms. The summed E-state index contributed by atoms with van der Waals surface area (Å²) in [6.07, 6.45) is 0.960. The number of halogens is 2. The normalized spacial score (nSPS) is 23.7. The molecular formula is C11H12Cl2O2. The number of aliphatic hydroxyl groups excluding tert-OH is 1. The van der Waals surface area contributed by atoms with E-state index in [9.17, 15) is 5.11 Å². The van der Waals surface area contributed by atoms with Crippen LogP contribution in [0.1, 0.15) is 31.4 Å². The van der Waals surface area contributed by atoms with E-state index in [1.807, 2.05) is 6.92 Å². The lowest BCUT2D eigenvalue weighted by molar-refractivity contribution is 0.0617. The van der Waals surface area contributed by atoms with Crippen LogP contribution in [-0.4, -0.2) is 11.2 Å².